The highest BCUT2D eigenvalue weighted by atomic mass is 16.5. The summed E-state index contributed by atoms with van der Waals surface area (Å²) in [4.78, 5) is 0. The molecule has 0 aliphatic rings. The molecule has 16 heavy (non-hydrogen) atoms. The fourth-order valence-electron chi connectivity index (χ4n) is 1.31. The molecule has 0 aliphatic carbocycles. The van der Waals surface area contributed by atoms with E-state index in [-0.39, 0.29) is 0 Å². The smallest absolute Gasteiger partial charge is 0.0885 e. The Kier molecular flexibility index (Phi) is 6.85. The predicted molar refractivity (Wildman–Crippen MR) is 69.1 cm³/mol. The van der Waals surface area contributed by atoms with Crippen molar-refractivity contribution in [1.29, 1.82) is 0 Å². The van der Waals surface area contributed by atoms with Gasteiger partial charge in [-0.1, -0.05) is 49.1 Å². The van der Waals surface area contributed by atoms with Crippen molar-refractivity contribution in [3.8, 4) is 0 Å². The molecule has 1 aromatic carbocycles. The van der Waals surface area contributed by atoms with Gasteiger partial charge in [-0.05, 0) is 18.5 Å². The van der Waals surface area contributed by atoms with Gasteiger partial charge < -0.3 is 10.1 Å². The Bertz CT molecular complexity index is 306. The van der Waals surface area contributed by atoms with E-state index in [2.05, 4.69) is 36.2 Å². The van der Waals surface area contributed by atoms with Crippen molar-refractivity contribution in [1.82, 2.24) is 5.32 Å². The maximum Gasteiger partial charge on any atom is 0.0885 e. The first-order chi connectivity index (χ1) is 7.93. The molecule has 0 saturated heterocycles. The van der Waals surface area contributed by atoms with Gasteiger partial charge in [-0.3, -0.25) is 0 Å². The highest BCUT2D eigenvalue weighted by molar-refractivity contribution is 5.48. The lowest BCUT2D eigenvalue weighted by Gasteiger charge is -2.01. The summed E-state index contributed by atoms with van der Waals surface area (Å²) in [5, 5.41) is 3.31. The predicted octanol–water partition coefficient (Wildman–Crippen LogP) is 2.84. The van der Waals surface area contributed by atoms with E-state index in [4.69, 9.17) is 4.74 Å². The summed E-state index contributed by atoms with van der Waals surface area (Å²) in [7, 11) is 0. The first-order valence-electron chi connectivity index (χ1n) is 5.58. The molecule has 2 nitrogen and oxygen atoms in total. The molecule has 0 radical (unpaired) electrons. The zero-order valence-electron chi connectivity index (χ0n) is 9.56. The number of hydrogen-bond donors (Lipinski definition) is 1. The van der Waals surface area contributed by atoms with E-state index in [1.807, 2.05) is 18.2 Å². The quantitative estimate of drug-likeness (QED) is 0.534. The summed E-state index contributed by atoms with van der Waals surface area (Å²) in [6.45, 7) is 6.08. The zero-order chi connectivity index (χ0) is 11.5. The van der Waals surface area contributed by atoms with Crippen LogP contribution >= 0.6 is 0 Å². The Hall–Kier alpha value is -1.54. The minimum Gasteiger partial charge on any atom is -0.502 e. The average molecular weight is 217 g/mol. The minimum absolute atomic E-state index is 0.735. The van der Waals surface area contributed by atoms with Gasteiger partial charge in [0.25, 0.3) is 0 Å². The molecule has 0 aliphatic heterocycles. The lowest BCUT2D eigenvalue weighted by atomic mass is 10.2. The number of nitrogens with one attached hydrogen (secondary N) is 1. The van der Waals surface area contributed by atoms with Gasteiger partial charge >= 0.3 is 0 Å². The minimum atomic E-state index is 0.735. The van der Waals surface area contributed by atoms with Gasteiger partial charge in [-0.25, -0.2) is 0 Å². The fourth-order valence-corrected chi connectivity index (χ4v) is 1.31. The number of ether oxygens (including phenoxy) is 1. The lowest BCUT2D eigenvalue weighted by molar-refractivity contribution is 0.245. The highest BCUT2D eigenvalue weighted by Crippen LogP contribution is 1.99. The molecule has 86 valence electrons. The second kappa shape index (κ2) is 8.74. The van der Waals surface area contributed by atoms with Crippen LogP contribution in [0.3, 0.4) is 0 Å². The Morgan fingerprint density at radius 1 is 1.25 bits per heavy atom. The first-order valence-corrected chi connectivity index (χ1v) is 5.58. The molecule has 0 heterocycles. The van der Waals surface area contributed by atoms with Gasteiger partial charge in [0.15, 0.2) is 0 Å². The van der Waals surface area contributed by atoms with E-state index < -0.39 is 0 Å². The first kappa shape index (κ1) is 12.5. The van der Waals surface area contributed by atoms with Crippen molar-refractivity contribution in [2.75, 3.05) is 19.7 Å². The molecular formula is C14H19NO. The van der Waals surface area contributed by atoms with Gasteiger partial charge in [0.2, 0.25) is 0 Å². The van der Waals surface area contributed by atoms with E-state index in [9.17, 15) is 0 Å². The summed E-state index contributed by atoms with van der Waals surface area (Å²) < 4.78 is 5.02. The van der Waals surface area contributed by atoms with Crippen molar-refractivity contribution in [2.24, 2.45) is 0 Å². The third-order valence-electron chi connectivity index (χ3n) is 2.11. The monoisotopic (exact) mass is 217 g/mol. The molecule has 0 aromatic heterocycles. The Balaban J connectivity index is 2.03. The van der Waals surface area contributed by atoms with Gasteiger partial charge in [0.05, 0.1) is 12.9 Å². The maximum absolute atomic E-state index is 5.02. The average Bonchev–Trinajstić information content (AvgIpc) is 2.34. The highest BCUT2D eigenvalue weighted by Gasteiger charge is 1.85. The number of benzene rings is 1. The standard InChI is InChI=1S/C14H19NO/c1-2-16-13-7-12-15-11-6-10-14-8-4-3-5-9-14/h2-6,8-10,15H,1,7,11-13H2/b10-6+. The molecule has 0 bridgehead atoms. The third kappa shape index (κ3) is 6.04. The molecule has 1 rings (SSSR count). The maximum atomic E-state index is 5.02. The summed E-state index contributed by atoms with van der Waals surface area (Å²) in [6.07, 6.45) is 6.73. The summed E-state index contributed by atoms with van der Waals surface area (Å²) in [5.74, 6) is 0. The summed E-state index contributed by atoms with van der Waals surface area (Å²) >= 11 is 0. The second-order valence-electron chi connectivity index (χ2n) is 3.41. The second-order valence-corrected chi connectivity index (χ2v) is 3.41. The van der Waals surface area contributed by atoms with Gasteiger partial charge in [0.1, 0.15) is 0 Å². The Labute approximate surface area is 97.6 Å². The van der Waals surface area contributed by atoms with Gasteiger partial charge in [-0.2, -0.15) is 0 Å². The van der Waals surface area contributed by atoms with Crippen LogP contribution < -0.4 is 5.32 Å². The SMILES string of the molecule is C=COCCCNC/C=C/c1ccccc1. The molecule has 0 spiro atoms. The van der Waals surface area contributed by atoms with Crippen LogP contribution in [0.2, 0.25) is 0 Å². The molecule has 1 aromatic rings. The van der Waals surface area contributed by atoms with Crippen LogP contribution in [-0.4, -0.2) is 19.7 Å². The van der Waals surface area contributed by atoms with E-state index in [0.717, 1.165) is 26.1 Å². The lowest BCUT2D eigenvalue weighted by Crippen LogP contribution is -2.16. The van der Waals surface area contributed by atoms with Crippen LogP contribution in [-0.2, 0) is 4.74 Å². The number of hydrogen-bond acceptors (Lipinski definition) is 2. The zero-order valence-corrected chi connectivity index (χ0v) is 9.56. The van der Waals surface area contributed by atoms with Crippen LogP contribution in [0.1, 0.15) is 12.0 Å². The van der Waals surface area contributed by atoms with E-state index in [1.165, 1.54) is 11.8 Å². The molecular weight excluding hydrogens is 198 g/mol. The molecule has 0 atom stereocenters. The van der Waals surface area contributed by atoms with Crippen LogP contribution in [0.15, 0.2) is 49.2 Å². The Morgan fingerprint density at radius 3 is 2.81 bits per heavy atom. The van der Waals surface area contributed by atoms with Crippen LogP contribution in [0.5, 0.6) is 0 Å². The van der Waals surface area contributed by atoms with E-state index in [0.29, 0.717) is 0 Å². The van der Waals surface area contributed by atoms with Crippen LogP contribution in [0.25, 0.3) is 6.08 Å². The third-order valence-corrected chi connectivity index (χ3v) is 2.11. The molecule has 2 heteroatoms. The fraction of sp³-hybridized carbons (Fsp3) is 0.286. The van der Waals surface area contributed by atoms with E-state index >= 15 is 0 Å². The largest absolute Gasteiger partial charge is 0.502 e. The van der Waals surface area contributed by atoms with Crippen molar-refractivity contribution in [3.05, 3.63) is 54.8 Å². The molecule has 0 fully saturated rings. The van der Waals surface area contributed by atoms with Crippen molar-refractivity contribution >= 4 is 6.08 Å². The van der Waals surface area contributed by atoms with Crippen molar-refractivity contribution in [3.63, 3.8) is 0 Å². The normalized spacial score (nSPS) is 10.5. The van der Waals surface area contributed by atoms with Gasteiger partial charge in [0, 0.05) is 6.54 Å². The molecule has 0 saturated carbocycles. The van der Waals surface area contributed by atoms with Crippen molar-refractivity contribution < 1.29 is 4.74 Å². The van der Waals surface area contributed by atoms with Gasteiger partial charge in [-0.15, -0.1) is 0 Å². The molecule has 0 unspecified atom stereocenters. The summed E-state index contributed by atoms with van der Waals surface area (Å²) in [6, 6.07) is 10.3. The topological polar surface area (TPSA) is 21.3 Å². The van der Waals surface area contributed by atoms with Crippen LogP contribution in [0, 0.1) is 0 Å². The van der Waals surface area contributed by atoms with E-state index in [1.54, 1.807) is 0 Å². The number of rotatable bonds is 8. The van der Waals surface area contributed by atoms with Crippen molar-refractivity contribution in [2.45, 2.75) is 6.42 Å². The molecule has 0 amide bonds. The molecule has 1 N–H and O–H groups in total. The summed E-state index contributed by atoms with van der Waals surface area (Å²) in [5.41, 5.74) is 1.24. The van der Waals surface area contributed by atoms with Crippen LogP contribution in [0.4, 0.5) is 0 Å². The Morgan fingerprint density at radius 2 is 2.06 bits per heavy atom.